The van der Waals surface area contributed by atoms with Crippen LogP contribution in [0.2, 0.25) is 0 Å². The van der Waals surface area contributed by atoms with Crippen molar-refractivity contribution < 1.29 is 9.42 Å². The zero-order chi connectivity index (χ0) is 9.97. The van der Waals surface area contributed by atoms with Crippen LogP contribution in [0.4, 0.5) is 0 Å². The van der Waals surface area contributed by atoms with E-state index in [-0.39, 0.29) is 0 Å². The molecule has 3 nitrogen and oxygen atoms in total. The first kappa shape index (κ1) is 8.81. The van der Waals surface area contributed by atoms with Gasteiger partial charge in [-0.05, 0) is 12.1 Å². The first-order valence-electron chi connectivity index (χ1n) is 4.49. The van der Waals surface area contributed by atoms with Crippen LogP contribution >= 0.6 is 0 Å². The lowest BCUT2D eigenvalue weighted by atomic mass is 10.1. The Labute approximate surface area is 82.9 Å². The van der Waals surface area contributed by atoms with Gasteiger partial charge in [-0.25, -0.2) is 0 Å². The first-order valence-corrected chi connectivity index (χ1v) is 4.49. The van der Waals surface area contributed by atoms with Crippen molar-refractivity contribution in [3.05, 3.63) is 36.5 Å². The molecule has 1 aromatic heterocycles. The number of aromatic nitrogens is 2. The van der Waals surface area contributed by atoms with Crippen LogP contribution in [0.15, 0.2) is 36.5 Å². The molecular formula is C11H13N2O+. The summed E-state index contributed by atoms with van der Waals surface area (Å²) in [5.74, 6) is 0.884. The van der Waals surface area contributed by atoms with E-state index in [1.807, 2.05) is 48.3 Å². The lowest BCUT2D eigenvalue weighted by Crippen LogP contribution is -2.28. The molecule has 14 heavy (non-hydrogen) atoms. The van der Waals surface area contributed by atoms with E-state index in [0.717, 1.165) is 17.0 Å². The summed E-state index contributed by atoms with van der Waals surface area (Å²) in [5.41, 5.74) is 2.14. The van der Waals surface area contributed by atoms with Crippen molar-refractivity contribution in [2.45, 2.75) is 0 Å². The number of hydrogen-bond donors (Lipinski definition) is 1. The van der Waals surface area contributed by atoms with E-state index in [4.69, 9.17) is 4.74 Å². The Morgan fingerprint density at radius 3 is 2.64 bits per heavy atom. The molecule has 1 heterocycles. The van der Waals surface area contributed by atoms with Gasteiger partial charge in [0.25, 0.3) is 0 Å². The second kappa shape index (κ2) is 3.54. The van der Waals surface area contributed by atoms with Gasteiger partial charge in [0.1, 0.15) is 11.4 Å². The number of para-hydroxylation sites is 1. The lowest BCUT2D eigenvalue weighted by molar-refractivity contribution is -0.726. The Kier molecular flexibility index (Phi) is 2.23. The average Bonchev–Trinajstić information content (AvgIpc) is 2.65. The second-order valence-corrected chi connectivity index (χ2v) is 3.15. The maximum atomic E-state index is 5.28. The Morgan fingerprint density at radius 1 is 1.21 bits per heavy atom. The number of methoxy groups -OCH3 is 1. The van der Waals surface area contributed by atoms with Gasteiger partial charge in [0.05, 0.1) is 7.11 Å². The fraction of sp³-hybridized carbons (Fsp3) is 0.182. The predicted molar refractivity (Wildman–Crippen MR) is 54.0 cm³/mol. The Balaban J connectivity index is 2.50. The molecule has 0 aliphatic carbocycles. The number of nitrogens with one attached hydrogen (secondary N) is 1. The molecule has 0 atom stereocenters. The number of nitrogens with zero attached hydrogens (tertiary/aromatic N) is 1. The number of benzene rings is 1. The third kappa shape index (κ3) is 1.48. The Bertz CT molecular complexity index is 434. The van der Waals surface area contributed by atoms with E-state index < -0.39 is 0 Å². The minimum atomic E-state index is 0.884. The Morgan fingerprint density at radius 2 is 2.00 bits per heavy atom. The van der Waals surface area contributed by atoms with E-state index in [2.05, 4.69) is 5.10 Å². The predicted octanol–water partition coefficient (Wildman–Crippen LogP) is 1.51. The molecule has 0 radical (unpaired) electrons. The van der Waals surface area contributed by atoms with E-state index in [9.17, 15) is 0 Å². The van der Waals surface area contributed by atoms with Crippen molar-refractivity contribution in [3.8, 4) is 17.0 Å². The molecule has 0 fully saturated rings. The number of hydrogen-bond acceptors (Lipinski definition) is 1. The molecule has 2 rings (SSSR count). The summed E-state index contributed by atoms with van der Waals surface area (Å²) in [6, 6.07) is 9.97. The number of rotatable bonds is 2. The highest BCUT2D eigenvalue weighted by Gasteiger charge is 2.08. The normalized spacial score (nSPS) is 10.1. The number of aromatic amines is 1. The molecule has 0 aliphatic heterocycles. The van der Waals surface area contributed by atoms with Crippen LogP contribution in [0.5, 0.6) is 5.75 Å². The van der Waals surface area contributed by atoms with Gasteiger partial charge in [0.2, 0.25) is 0 Å². The minimum absolute atomic E-state index is 0.884. The van der Waals surface area contributed by atoms with Gasteiger partial charge in [-0.2, -0.15) is 5.10 Å². The molecule has 3 heteroatoms. The summed E-state index contributed by atoms with van der Waals surface area (Å²) < 4.78 is 7.18. The number of H-pyrrole nitrogens is 1. The van der Waals surface area contributed by atoms with Gasteiger partial charge in [0, 0.05) is 11.6 Å². The Hall–Kier alpha value is -1.77. The molecular weight excluding hydrogens is 176 g/mol. The van der Waals surface area contributed by atoms with Gasteiger partial charge in [0.15, 0.2) is 13.2 Å². The van der Waals surface area contributed by atoms with Crippen LogP contribution in [0, 0.1) is 0 Å². The molecule has 0 aliphatic rings. The SMILES string of the molecule is COc1ccccc1-c1cc[n+](C)[nH]1. The fourth-order valence-corrected chi connectivity index (χ4v) is 1.47. The van der Waals surface area contributed by atoms with Crippen molar-refractivity contribution in [2.24, 2.45) is 7.05 Å². The highest BCUT2D eigenvalue weighted by molar-refractivity contribution is 5.66. The molecule has 0 spiro atoms. The lowest BCUT2D eigenvalue weighted by Gasteiger charge is -2.04. The highest BCUT2D eigenvalue weighted by atomic mass is 16.5. The maximum Gasteiger partial charge on any atom is 0.195 e. The third-order valence-electron chi connectivity index (χ3n) is 2.16. The quantitative estimate of drug-likeness (QED) is 0.713. The topological polar surface area (TPSA) is 28.9 Å². The zero-order valence-electron chi connectivity index (χ0n) is 8.32. The summed E-state index contributed by atoms with van der Waals surface area (Å²) in [5, 5.41) is 3.20. The first-order chi connectivity index (χ1) is 6.81. The van der Waals surface area contributed by atoms with E-state index in [1.54, 1.807) is 7.11 Å². The highest BCUT2D eigenvalue weighted by Crippen LogP contribution is 2.26. The summed E-state index contributed by atoms with van der Waals surface area (Å²) in [4.78, 5) is 0. The van der Waals surface area contributed by atoms with Gasteiger partial charge in [-0.3, -0.25) is 0 Å². The molecule has 0 saturated heterocycles. The van der Waals surface area contributed by atoms with Crippen LogP contribution < -0.4 is 9.42 Å². The van der Waals surface area contributed by atoms with E-state index >= 15 is 0 Å². The molecule has 1 N–H and O–H groups in total. The standard InChI is InChI=1S/C11H12N2O/c1-13-8-7-10(12-13)9-5-3-4-6-11(9)14-2/h3-8H,1-2H3/p+1. The fourth-order valence-electron chi connectivity index (χ4n) is 1.47. The second-order valence-electron chi connectivity index (χ2n) is 3.15. The van der Waals surface area contributed by atoms with Crippen LogP contribution in [0.25, 0.3) is 11.3 Å². The summed E-state index contributed by atoms with van der Waals surface area (Å²) >= 11 is 0. The third-order valence-corrected chi connectivity index (χ3v) is 2.16. The molecule has 0 bridgehead atoms. The molecule has 72 valence electrons. The average molecular weight is 189 g/mol. The molecule has 2 aromatic rings. The molecule has 0 saturated carbocycles. The van der Waals surface area contributed by atoms with Crippen molar-refractivity contribution in [2.75, 3.05) is 7.11 Å². The van der Waals surface area contributed by atoms with Gasteiger partial charge >= 0.3 is 0 Å². The van der Waals surface area contributed by atoms with Crippen molar-refractivity contribution in [3.63, 3.8) is 0 Å². The summed E-state index contributed by atoms with van der Waals surface area (Å²) in [6.07, 6.45) is 1.97. The summed E-state index contributed by atoms with van der Waals surface area (Å²) in [6.45, 7) is 0. The van der Waals surface area contributed by atoms with Crippen molar-refractivity contribution in [1.29, 1.82) is 0 Å². The number of ether oxygens (including phenoxy) is 1. The zero-order valence-corrected chi connectivity index (χ0v) is 8.32. The largest absolute Gasteiger partial charge is 0.496 e. The molecule has 0 amide bonds. The van der Waals surface area contributed by atoms with Crippen molar-refractivity contribution >= 4 is 0 Å². The maximum absolute atomic E-state index is 5.28. The minimum Gasteiger partial charge on any atom is -0.496 e. The summed E-state index contributed by atoms with van der Waals surface area (Å²) in [7, 11) is 3.64. The smallest absolute Gasteiger partial charge is 0.195 e. The van der Waals surface area contributed by atoms with Gasteiger partial charge in [-0.15, -0.1) is 4.68 Å². The van der Waals surface area contributed by atoms with Crippen LogP contribution in [-0.2, 0) is 7.05 Å². The monoisotopic (exact) mass is 189 g/mol. The molecule has 0 unspecified atom stereocenters. The van der Waals surface area contributed by atoms with Gasteiger partial charge in [-0.1, -0.05) is 12.1 Å². The van der Waals surface area contributed by atoms with Gasteiger partial charge < -0.3 is 4.74 Å². The van der Waals surface area contributed by atoms with E-state index in [1.165, 1.54) is 0 Å². The molecule has 1 aromatic carbocycles. The van der Waals surface area contributed by atoms with Crippen molar-refractivity contribution in [1.82, 2.24) is 5.10 Å². The van der Waals surface area contributed by atoms with Crippen LogP contribution in [0.3, 0.4) is 0 Å². The van der Waals surface area contributed by atoms with Crippen LogP contribution in [-0.4, -0.2) is 12.2 Å². The van der Waals surface area contributed by atoms with E-state index in [0.29, 0.717) is 0 Å². The van der Waals surface area contributed by atoms with Crippen LogP contribution in [0.1, 0.15) is 0 Å². The number of aryl methyl sites for hydroxylation is 1.